The topological polar surface area (TPSA) is 101 Å². The number of ketones is 1. The van der Waals surface area contributed by atoms with Crippen LogP contribution in [0.5, 0.6) is 11.5 Å². The summed E-state index contributed by atoms with van der Waals surface area (Å²) in [7, 11) is 0. The van der Waals surface area contributed by atoms with E-state index in [1.165, 1.54) is 30.5 Å². The fourth-order valence-electron chi connectivity index (χ4n) is 5.40. The van der Waals surface area contributed by atoms with Crippen molar-refractivity contribution < 1.29 is 32.3 Å². The predicted molar refractivity (Wildman–Crippen MR) is 153 cm³/mol. The van der Waals surface area contributed by atoms with E-state index in [0.717, 1.165) is 22.3 Å². The maximum atomic E-state index is 14.3. The Bertz CT molecular complexity index is 1740. The van der Waals surface area contributed by atoms with Crippen molar-refractivity contribution >= 4 is 56.3 Å². The van der Waals surface area contributed by atoms with Gasteiger partial charge in [0.25, 0.3) is 5.91 Å². The van der Waals surface area contributed by atoms with Crippen LogP contribution in [0.15, 0.2) is 73.4 Å². The zero-order chi connectivity index (χ0) is 29.6. The molecule has 2 N–H and O–H groups in total. The maximum Gasteiger partial charge on any atom is 0.418 e. The number of allylic oxidation sites excluding steroid dienone is 1. The summed E-state index contributed by atoms with van der Waals surface area (Å²) < 4.78 is 48.6. The van der Waals surface area contributed by atoms with Crippen LogP contribution in [-0.2, 0) is 11.0 Å². The summed E-state index contributed by atoms with van der Waals surface area (Å²) in [6.07, 6.45) is -0.427. The van der Waals surface area contributed by atoms with Gasteiger partial charge in [-0.3, -0.25) is 14.5 Å². The van der Waals surface area contributed by atoms with E-state index in [1.807, 2.05) is 0 Å². The summed E-state index contributed by atoms with van der Waals surface area (Å²) in [4.78, 5) is 44.5. The summed E-state index contributed by atoms with van der Waals surface area (Å²) in [5.41, 5.74) is -1.13. The highest BCUT2D eigenvalue weighted by Crippen LogP contribution is 2.49. The number of hydrogen-bond donors (Lipinski definition) is 2. The molecule has 0 saturated heterocycles. The summed E-state index contributed by atoms with van der Waals surface area (Å²) in [6, 6.07) is 12.1. The van der Waals surface area contributed by atoms with Crippen LogP contribution < -0.4 is 20.3 Å². The first-order valence-electron chi connectivity index (χ1n) is 13.1. The number of carbonyl (C=O) groups is 3. The molecule has 2 aliphatic rings. The summed E-state index contributed by atoms with van der Waals surface area (Å²) >= 11 is 1.03. The van der Waals surface area contributed by atoms with Crippen LogP contribution in [0.25, 0.3) is 10.2 Å². The molecule has 2 aromatic heterocycles. The highest BCUT2D eigenvalue weighted by molar-refractivity contribution is 7.21. The molecule has 3 amide bonds. The van der Waals surface area contributed by atoms with Crippen molar-refractivity contribution in [2.75, 3.05) is 10.2 Å². The Morgan fingerprint density at radius 3 is 2.62 bits per heavy atom. The summed E-state index contributed by atoms with van der Waals surface area (Å²) in [6.45, 7) is 3.52. The molecule has 0 bridgehead atoms. The lowest BCUT2D eigenvalue weighted by Crippen LogP contribution is -2.37. The number of nitrogens with zero attached hydrogens (tertiary/aromatic N) is 2. The SMILES string of the molecule is C=CC(=O)C1CC[C@@H](NC(=O)c2sc3nccc4c3c2NC(=O)N4c2ccc(Oc3ccccc3)cc2C(F)(F)F)C1. The number of halogens is 3. The molecule has 1 unspecified atom stereocenters. The first kappa shape index (κ1) is 27.5. The van der Waals surface area contributed by atoms with Crippen molar-refractivity contribution in [3.8, 4) is 11.5 Å². The Morgan fingerprint density at radius 2 is 1.88 bits per heavy atom. The lowest BCUT2D eigenvalue weighted by molar-refractivity contribution is -0.137. The normalized spacial score (nSPS) is 18.1. The second-order valence-electron chi connectivity index (χ2n) is 9.96. The minimum atomic E-state index is -4.82. The number of urea groups is 1. The highest BCUT2D eigenvalue weighted by Gasteiger charge is 2.40. The van der Waals surface area contributed by atoms with Gasteiger partial charge < -0.3 is 15.4 Å². The van der Waals surface area contributed by atoms with Crippen LogP contribution >= 0.6 is 11.3 Å². The van der Waals surface area contributed by atoms with Crippen molar-refractivity contribution in [3.63, 3.8) is 0 Å². The number of thiophene rings is 1. The number of benzene rings is 2. The molecule has 1 aliphatic heterocycles. The molecule has 2 atom stereocenters. The third kappa shape index (κ3) is 4.98. The molecule has 4 aromatic rings. The number of ether oxygens (including phenoxy) is 1. The average molecular weight is 593 g/mol. The van der Waals surface area contributed by atoms with Gasteiger partial charge in [-0.2, -0.15) is 13.2 Å². The van der Waals surface area contributed by atoms with Crippen LogP contribution in [0, 0.1) is 5.92 Å². The van der Waals surface area contributed by atoms with Gasteiger partial charge in [0.1, 0.15) is 21.2 Å². The first-order chi connectivity index (χ1) is 20.1. The fraction of sp³-hybridized carbons (Fsp3) is 0.200. The number of rotatable bonds is 7. The lowest BCUT2D eigenvalue weighted by atomic mass is 10.0. The molecule has 1 saturated carbocycles. The van der Waals surface area contributed by atoms with Crippen LogP contribution in [-0.4, -0.2) is 28.7 Å². The third-order valence-corrected chi connectivity index (χ3v) is 8.41. The van der Waals surface area contributed by atoms with Crippen LogP contribution in [0.4, 0.5) is 35.0 Å². The van der Waals surface area contributed by atoms with Crippen LogP contribution in [0.1, 0.15) is 34.5 Å². The number of para-hydroxylation sites is 1. The van der Waals surface area contributed by atoms with Crippen molar-refractivity contribution in [1.29, 1.82) is 0 Å². The summed E-state index contributed by atoms with van der Waals surface area (Å²) in [5.74, 6) is -0.416. The second kappa shape index (κ2) is 10.6. The molecule has 8 nitrogen and oxygen atoms in total. The number of carbonyl (C=O) groups excluding carboxylic acids is 3. The Hall–Kier alpha value is -4.71. The van der Waals surface area contributed by atoms with Gasteiger partial charge in [-0.25, -0.2) is 9.78 Å². The summed E-state index contributed by atoms with van der Waals surface area (Å²) in [5, 5.41) is 5.91. The molecular formula is C30H23F3N4O4S. The molecule has 2 aromatic carbocycles. The third-order valence-electron chi connectivity index (χ3n) is 7.32. The number of alkyl halides is 3. The molecule has 42 heavy (non-hydrogen) atoms. The second-order valence-corrected chi connectivity index (χ2v) is 11.0. The fourth-order valence-corrected chi connectivity index (χ4v) is 6.42. The first-order valence-corrected chi connectivity index (χ1v) is 13.9. The van der Waals surface area contributed by atoms with E-state index in [1.54, 1.807) is 30.3 Å². The Labute approximate surface area is 241 Å². The number of hydrogen-bond acceptors (Lipinski definition) is 6. The Balaban J connectivity index is 1.35. The monoisotopic (exact) mass is 592 g/mol. The Morgan fingerprint density at radius 1 is 1.10 bits per heavy atom. The van der Waals surface area contributed by atoms with Crippen molar-refractivity contribution in [2.45, 2.75) is 31.5 Å². The highest BCUT2D eigenvalue weighted by atomic mass is 32.1. The lowest BCUT2D eigenvalue weighted by Gasteiger charge is -2.30. The molecule has 6 rings (SSSR count). The van der Waals surface area contributed by atoms with E-state index >= 15 is 0 Å². The van der Waals surface area contributed by atoms with E-state index < -0.39 is 29.4 Å². The quantitative estimate of drug-likeness (QED) is 0.217. The predicted octanol–water partition coefficient (Wildman–Crippen LogP) is 7.44. The van der Waals surface area contributed by atoms with Gasteiger partial charge in [-0.1, -0.05) is 24.8 Å². The van der Waals surface area contributed by atoms with Gasteiger partial charge in [0.15, 0.2) is 5.78 Å². The van der Waals surface area contributed by atoms with Crippen LogP contribution in [0.3, 0.4) is 0 Å². The molecule has 214 valence electrons. The number of pyridine rings is 1. The van der Waals surface area contributed by atoms with Gasteiger partial charge in [-0.05, 0) is 61.7 Å². The Kier molecular flexibility index (Phi) is 6.93. The van der Waals surface area contributed by atoms with Crippen LogP contribution in [0.2, 0.25) is 0 Å². The standard InChI is InChI=1S/C30H23F3N4O4S/c1-2-23(38)16-8-9-17(14-16)35-27(39)26-25-24-22(12-13-34-28(24)42-26)37(29(40)36-25)21-11-10-19(15-20(21)30(31,32)33)41-18-6-4-3-5-7-18/h2-7,10-13,15-17H,1,8-9,14H2,(H,35,39)(H,36,40)/t16?,17-/m1/s1. The van der Waals surface area contributed by atoms with Gasteiger partial charge in [0.05, 0.1) is 28.0 Å². The number of anilines is 3. The molecule has 1 aliphatic carbocycles. The number of amides is 3. The van der Waals surface area contributed by atoms with E-state index in [4.69, 9.17) is 4.74 Å². The van der Waals surface area contributed by atoms with E-state index in [-0.39, 0.29) is 39.7 Å². The molecule has 1 fully saturated rings. The molecular weight excluding hydrogens is 569 g/mol. The zero-order valence-corrected chi connectivity index (χ0v) is 22.7. The molecule has 0 radical (unpaired) electrons. The van der Waals surface area contributed by atoms with E-state index in [0.29, 0.717) is 35.2 Å². The van der Waals surface area contributed by atoms with Gasteiger partial charge in [-0.15, -0.1) is 11.3 Å². The van der Waals surface area contributed by atoms with Gasteiger partial charge in [0, 0.05) is 18.2 Å². The number of nitrogens with one attached hydrogen (secondary N) is 2. The van der Waals surface area contributed by atoms with E-state index in [2.05, 4.69) is 22.2 Å². The van der Waals surface area contributed by atoms with Crippen molar-refractivity contribution in [2.24, 2.45) is 5.92 Å². The van der Waals surface area contributed by atoms with Crippen molar-refractivity contribution in [1.82, 2.24) is 10.3 Å². The largest absolute Gasteiger partial charge is 0.457 e. The average Bonchev–Trinajstić information content (AvgIpc) is 3.59. The van der Waals surface area contributed by atoms with E-state index in [9.17, 15) is 27.6 Å². The maximum absolute atomic E-state index is 14.3. The molecule has 12 heteroatoms. The van der Waals surface area contributed by atoms with Gasteiger partial charge >= 0.3 is 12.2 Å². The number of aromatic nitrogens is 1. The smallest absolute Gasteiger partial charge is 0.418 e. The van der Waals surface area contributed by atoms with Gasteiger partial charge in [0.2, 0.25) is 0 Å². The molecule has 0 spiro atoms. The van der Waals surface area contributed by atoms with Crippen molar-refractivity contribution in [3.05, 3.63) is 83.9 Å². The minimum Gasteiger partial charge on any atom is -0.457 e. The molecule has 3 heterocycles. The minimum absolute atomic E-state index is 0.0475. The zero-order valence-electron chi connectivity index (χ0n) is 21.9.